The van der Waals surface area contributed by atoms with Gasteiger partial charge in [0.25, 0.3) is 0 Å². The first-order chi connectivity index (χ1) is 8.49. The third-order valence-corrected chi connectivity index (χ3v) is 3.67. The zero-order valence-corrected chi connectivity index (χ0v) is 9.95. The maximum atomic E-state index is 11.9. The van der Waals surface area contributed by atoms with Crippen LogP contribution in [0.4, 0.5) is 4.79 Å². The normalized spacial score (nSPS) is 32.1. The Hall–Kier alpha value is -1.34. The number of nitrogens with one attached hydrogen (secondary N) is 1. The van der Waals surface area contributed by atoms with Crippen LogP contribution in [0.5, 0.6) is 0 Å². The zero-order chi connectivity index (χ0) is 13.3. The summed E-state index contributed by atoms with van der Waals surface area (Å²) in [6.45, 7) is -0.299. The topological polar surface area (TPSA) is 110 Å². The van der Waals surface area contributed by atoms with Crippen LogP contribution in [0.3, 0.4) is 0 Å². The Bertz CT molecular complexity index is 334. The molecule has 0 spiro atoms. The first-order valence-corrected chi connectivity index (χ1v) is 6.14. The number of aliphatic hydroxyl groups is 2. The second-order valence-electron chi connectivity index (χ2n) is 4.96. The van der Waals surface area contributed by atoms with E-state index in [0.717, 1.165) is 12.8 Å². The number of aliphatic carboxylic acids is 1. The number of urea groups is 1. The summed E-state index contributed by atoms with van der Waals surface area (Å²) in [5, 5.41) is 29.6. The van der Waals surface area contributed by atoms with Crippen LogP contribution in [0.15, 0.2) is 0 Å². The van der Waals surface area contributed by atoms with E-state index in [4.69, 9.17) is 10.2 Å². The van der Waals surface area contributed by atoms with E-state index in [9.17, 15) is 14.7 Å². The highest BCUT2D eigenvalue weighted by atomic mass is 16.4. The highest BCUT2D eigenvalue weighted by Gasteiger charge is 2.42. The van der Waals surface area contributed by atoms with Crippen LogP contribution < -0.4 is 5.32 Å². The van der Waals surface area contributed by atoms with Gasteiger partial charge in [0, 0.05) is 12.1 Å². The molecule has 4 N–H and O–H groups in total. The molecule has 0 aromatic carbocycles. The lowest BCUT2D eigenvalue weighted by atomic mass is 10.0. The van der Waals surface area contributed by atoms with Crippen LogP contribution in [0, 0.1) is 0 Å². The molecule has 2 saturated heterocycles. The summed E-state index contributed by atoms with van der Waals surface area (Å²) in [6, 6.07) is -0.295. The molecule has 3 atom stereocenters. The first kappa shape index (κ1) is 13.1. The Labute approximate surface area is 104 Å². The van der Waals surface area contributed by atoms with Crippen LogP contribution >= 0.6 is 0 Å². The molecule has 102 valence electrons. The number of fused-ring (bicyclic) bond motifs is 2. The Morgan fingerprint density at radius 2 is 1.83 bits per heavy atom. The number of carbonyl (C=O) groups excluding carboxylic acids is 1. The van der Waals surface area contributed by atoms with Crippen molar-refractivity contribution >= 4 is 12.0 Å². The number of carboxylic acid groups (broad SMARTS) is 1. The highest BCUT2D eigenvalue weighted by molar-refractivity contribution is 5.77. The van der Waals surface area contributed by atoms with Gasteiger partial charge in [-0.1, -0.05) is 0 Å². The van der Waals surface area contributed by atoms with Crippen molar-refractivity contribution in [2.75, 3.05) is 6.54 Å². The fourth-order valence-electron chi connectivity index (χ4n) is 2.84. The SMILES string of the molecule is O=C(O)C(O)CNC(=O)N1C2CCC1CC(O)C2. The Balaban J connectivity index is 1.88. The summed E-state index contributed by atoms with van der Waals surface area (Å²) >= 11 is 0. The van der Waals surface area contributed by atoms with Gasteiger partial charge in [0.15, 0.2) is 6.10 Å². The Kier molecular flexibility index (Phi) is 3.72. The number of aliphatic hydroxyl groups excluding tert-OH is 2. The van der Waals surface area contributed by atoms with Crippen LogP contribution in [0.1, 0.15) is 25.7 Å². The van der Waals surface area contributed by atoms with Crippen molar-refractivity contribution in [1.82, 2.24) is 10.2 Å². The molecular formula is C11H18N2O5. The van der Waals surface area contributed by atoms with E-state index in [1.807, 2.05) is 0 Å². The number of carboxylic acids is 1. The molecule has 0 saturated carbocycles. The van der Waals surface area contributed by atoms with E-state index in [-0.39, 0.29) is 30.8 Å². The van der Waals surface area contributed by atoms with Crippen LogP contribution in [0.25, 0.3) is 0 Å². The number of rotatable bonds is 3. The summed E-state index contributed by atoms with van der Waals surface area (Å²) in [4.78, 5) is 24.0. The minimum absolute atomic E-state index is 0.0284. The molecule has 2 fully saturated rings. The van der Waals surface area contributed by atoms with Crippen molar-refractivity contribution in [3.8, 4) is 0 Å². The molecule has 0 aliphatic carbocycles. The van der Waals surface area contributed by atoms with Gasteiger partial charge in [-0.3, -0.25) is 0 Å². The fraction of sp³-hybridized carbons (Fsp3) is 0.818. The number of hydrogen-bond donors (Lipinski definition) is 4. The molecule has 2 bridgehead atoms. The van der Waals surface area contributed by atoms with Crippen molar-refractivity contribution in [3.63, 3.8) is 0 Å². The molecule has 0 aromatic heterocycles. The summed E-state index contributed by atoms with van der Waals surface area (Å²) in [7, 11) is 0. The van der Waals surface area contributed by atoms with E-state index in [0.29, 0.717) is 12.8 Å². The average Bonchev–Trinajstić information content (AvgIpc) is 2.58. The molecule has 2 amide bonds. The lowest BCUT2D eigenvalue weighted by Gasteiger charge is -2.37. The number of nitrogens with zero attached hydrogens (tertiary/aromatic N) is 1. The smallest absolute Gasteiger partial charge is 0.334 e. The standard InChI is InChI=1S/C11H18N2O5/c14-8-3-6-1-2-7(4-8)13(6)11(18)12-5-9(15)10(16)17/h6-9,14-15H,1-5H2,(H,12,18)(H,16,17). The summed E-state index contributed by atoms with van der Waals surface area (Å²) < 4.78 is 0. The van der Waals surface area contributed by atoms with Gasteiger partial charge >= 0.3 is 12.0 Å². The molecule has 2 rings (SSSR count). The van der Waals surface area contributed by atoms with Crippen LogP contribution in [-0.4, -0.2) is 63.1 Å². The highest BCUT2D eigenvalue weighted by Crippen LogP contribution is 2.35. The molecule has 2 heterocycles. The molecular weight excluding hydrogens is 240 g/mol. The fourth-order valence-corrected chi connectivity index (χ4v) is 2.84. The van der Waals surface area contributed by atoms with Crippen LogP contribution in [-0.2, 0) is 4.79 Å². The van der Waals surface area contributed by atoms with Crippen LogP contribution in [0.2, 0.25) is 0 Å². The van der Waals surface area contributed by atoms with Gasteiger partial charge in [-0.05, 0) is 25.7 Å². The third kappa shape index (κ3) is 2.56. The molecule has 2 aliphatic rings. The van der Waals surface area contributed by atoms with Gasteiger partial charge in [0.1, 0.15) is 0 Å². The van der Waals surface area contributed by atoms with Gasteiger partial charge in [0.2, 0.25) is 0 Å². The predicted molar refractivity (Wildman–Crippen MR) is 60.9 cm³/mol. The third-order valence-electron chi connectivity index (χ3n) is 3.67. The number of hydrogen-bond acceptors (Lipinski definition) is 4. The lowest BCUT2D eigenvalue weighted by Crippen LogP contribution is -2.53. The quantitative estimate of drug-likeness (QED) is 0.526. The Morgan fingerprint density at radius 1 is 1.28 bits per heavy atom. The summed E-state index contributed by atoms with van der Waals surface area (Å²) in [5.41, 5.74) is 0. The summed E-state index contributed by atoms with van der Waals surface area (Å²) in [5.74, 6) is -1.35. The van der Waals surface area contributed by atoms with E-state index >= 15 is 0 Å². The second-order valence-corrected chi connectivity index (χ2v) is 4.96. The number of amides is 2. The molecule has 18 heavy (non-hydrogen) atoms. The maximum Gasteiger partial charge on any atom is 0.334 e. The number of piperidine rings is 1. The van der Waals surface area contributed by atoms with Crippen molar-refractivity contribution in [2.24, 2.45) is 0 Å². The Morgan fingerprint density at radius 3 is 2.33 bits per heavy atom. The predicted octanol–water partition coefficient (Wildman–Crippen LogP) is -0.871. The largest absolute Gasteiger partial charge is 0.479 e. The van der Waals surface area contributed by atoms with Gasteiger partial charge in [-0.2, -0.15) is 0 Å². The average molecular weight is 258 g/mol. The van der Waals surface area contributed by atoms with Gasteiger partial charge in [-0.15, -0.1) is 0 Å². The van der Waals surface area contributed by atoms with Crippen molar-refractivity contribution < 1.29 is 24.9 Å². The van der Waals surface area contributed by atoms with Gasteiger partial charge in [-0.25, -0.2) is 9.59 Å². The molecule has 0 radical (unpaired) electrons. The minimum atomic E-state index is -1.58. The molecule has 0 aromatic rings. The second kappa shape index (κ2) is 5.11. The van der Waals surface area contributed by atoms with Gasteiger partial charge in [0.05, 0.1) is 12.6 Å². The van der Waals surface area contributed by atoms with E-state index in [1.54, 1.807) is 4.90 Å². The van der Waals surface area contributed by atoms with E-state index < -0.39 is 12.1 Å². The molecule has 7 heteroatoms. The van der Waals surface area contributed by atoms with Crippen molar-refractivity contribution in [2.45, 2.75) is 50.0 Å². The molecule has 3 unspecified atom stereocenters. The van der Waals surface area contributed by atoms with Crippen molar-refractivity contribution in [1.29, 1.82) is 0 Å². The van der Waals surface area contributed by atoms with E-state index in [2.05, 4.69) is 5.32 Å². The monoisotopic (exact) mass is 258 g/mol. The van der Waals surface area contributed by atoms with Crippen molar-refractivity contribution in [3.05, 3.63) is 0 Å². The van der Waals surface area contributed by atoms with Gasteiger partial charge < -0.3 is 25.5 Å². The first-order valence-electron chi connectivity index (χ1n) is 6.14. The number of carbonyl (C=O) groups is 2. The lowest BCUT2D eigenvalue weighted by molar-refractivity contribution is -0.146. The molecule has 2 aliphatic heterocycles. The zero-order valence-electron chi connectivity index (χ0n) is 9.95. The summed E-state index contributed by atoms with van der Waals surface area (Å²) in [6.07, 6.45) is 0.961. The minimum Gasteiger partial charge on any atom is -0.479 e. The van der Waals surface area contributed by atoms with E-state index in [1.165, 1.54) is 0 Å². The maximum absolute atomic E-state index is 11.9. The molecule has 7 nitrogen and oxygen atoms in total.